The minimum absolute atomic E-state index is 0.0895. The summed E-state index contributed by atoms with van der Waals surface area (Å²) in [6.07, 6.45) is 3.55. The maximum atomic E-state index is 12.8. The van der Waals surface area contributed by atoms with E-state index >= 15 is 0 Å². The molecular formula is C20H20ClN3O4S. The molecule has 0 heterocycles. The second-order valence-electron chi connectivity index (χ2n) is 6.73. The van der Waals surface area contributed by atoms with Crippen molar-refractivity contribution >= 4 is 33.2 Å². The monoisotopic (exact) mass is 433 g/mol. The Kier molecular flexibility index (Phi) is 6.42. The van der Waals surface area contributed by atoms with E-state index in [9.17, 15) is 13.2 Å². The summed E-state index contributed by atoms with van der Waals surface area (Å²) in [5.41, 5.74) is 0.745. The molecule has 1 aliphatic rings. The molecule has 0 saturated heterocycles. The molecule has 3 rings (SSSR count). The van der Waals surface area contributed by atoms with Crippen LogP contribution in [-0.2, 0) is 10.0 Å². The van der Waals surface area contributed by atoms with E-state index in [-0.39, 0.29) is 32.8 Å². The Morgan fingerprint density at radius 1 is 1.21 bits per heavy atom. The van der Waals surface area contributed by atoms with E-state index in [2.05, 4.69) is 10.0 Å². The molecule has 29 heavy (non-hydrogen) atoms. The number of nitrogens with zero attached hydrogens (tertiary/aromatic N) is 1. The number of rotatable bonds is 6. The standard InChI is InChI=1S/C20H20ClN3O4S/c1-28-18-9-6-13(11-19(18)29(26,27)24-15-4-2-3-5-15)20(25)23-16-7-8-17(21)14(10-16)12-22/h6-11,15,24H,2-5H2,1H3,(H,23,25). The van der Waals surface area contributed by atoms with Crippen LogP contribution in [0.2, 0.25) is 5.02 Å². The smallest absolute Gasteiger partial charge is 0.255 e. The fourth-order valence-electron chi connectivity index (χ4n) is 3.25. The van der Waals surface area contributed by atoms with Crippen molar-refractivity contribution in [1.82, 2.24) is 4.72 Å². The van der Waals surface area contributed by atoms with Crippen LogP contribution in [0.15, 0.2) is 41.3 Å². The molecule has 0 atom stereocenters. The maximum absolute atomic E-state index is 12.8. The van der Waals surface area contributed by atoms with Crippen LogP contribution in [0.3, 0.4) is 0 Å². The highest BCUT2D eigenvalue weighted by Gasteiger charge is 2.26. The van der Waals surface area contributed by atoms with Crippen molar-refractivity contribution in [2.75, 3.05) is 12.4 Å². The summed E-state index contributed by atoms with van der Waals surface area (Å²) < 4.78 is 33.6. The summed E-state index contributed by atoms with van der Waals surface area (Å²) in [4.78, 5) is 12.5. The highest BCUT2D eigenvalue weighted by Crippen LogP contribution is 2.28. The molecule has 0 aliphatic heterocycles. The Hall–Kier alpha value is -2.60. The number of nitrogens with one attached hydrogen (secondary N) is 2. The third kappa shape index (κ3) is 4.88. The van der Waals surface area contributed by atoms with E-state index in [1.807, 2.05) is 6.07 Å². The second-order valence-corrected chi connectivity index (χ2v) is 8.82. The molecule has 152 valence electrons. The van der Waals surface area contributed by atoms with Crippen LogP contribution in [0.5, 0.6) is 5.75 Å². The number of anilines is 1. The van der Waals surface area contributed by atoms with Crippen LogP contribution >= 0.6 is 11.6 Å². The first-order chi connectivity index (χ1) is 13.8. The van der Waals surface area contributed by atoms with Crippen molar-refractivity contribution in [2.24, 2.45) is 0 Å². The van der Waals surface area contributed by atoms with Gasteiger partial charge >= 0.3 is 0 Å². The molecule has 0 aromatic heterocycles. The van der Waals surface area contributed by atoms with Gasteiger partial charge in [0.15, 0.2) is 0 Å². The minimum atomic E-state index is -3.85. The summed E-state index contributed by atoms with van der Waals surface area (Å²) >= 11 is 5.90. The van der Waals surface area contributed by atoms with Crippen LogP contribution < -0.4 is 14.8 Å². The number of sulfonamides is 1. The third-order valence-electron chi connectivity index (χ3n) is 4.74. The first-order valence-electron chi connectivity index (χ1n) is 9.05. The van der Waals surface area contributed by atoms with E-state index in [0.717, 1.165) is 25.7 Å². The number of benzene rings is 2. The Labute approximate surface area is 174 Å². The lowest BCUT2D eigenvalue weighted by atomic mass is 10.1. The van der Waals surface area contributed by atoms with Crippen molar-refractivity contribution < 1.29 is 17.9 Å². The van der Waals surface area contributed by atoms with Gasteiger partial charge < -0.3 is 10.1 Å². The van der Waals surface area contributed by atoms with Crippen molar-refractivity contribution in [3.63, 3.8) is 0 Å². The number of carbonyl (C=O) groups is 1. The Morgan fingerprint density at radius 3 is 2.59 bits per heavy atom. The highest BCUT2D eigenvalue weighted by atomic mass is 35.5. The van der Waals surface area contributed by atoms with Crippen LogP contribution in [0.4, 0.5) is 5.69 Å². The number of carbonyl (C=O) groups excluding carboxylic acids is 1. The van der Waals surface area contributed by atoms with Crippen LogP contribution in [0.1, 0.15) is 41.6 Å². The molecule has 0 unspecified atom stereocenters. The molecule has 0 bridgehead atoms. The van der Waals surface area contributed by atoms with Crippen molar-refractivity contribution in [1.29, 1.82) is 5.26 Å². The van der Waals surface area contributed by atoms with Gasteiger partial charge in [-0.2, -0.15) is 5.26 Å². The third-order valence-corrected chi connectivity index (χ3v) is 6.61. The van der Waals surface area contributed by atoms with Gasteiger partial charge in [0, 0.05) is 17.3 Å². The van der Waals surface area contributed by atoms with E-state index in [0.29, 0.717) is 5.69 Å². The minimum Gasteiger partial charge on any atom is -0.495 e. The fraction of sp³-hybridized carbons (Fsp3) is 0.300. The van der Waals surface area contributed by atoms with Gasteiger partial charge in [0.1, 0.15) is 16.7 Å². The van der Waals surface area contributed by atoms with Crippen LogP contribution in [0.25, 0.3) is 0 Å². The molecule has 1 fully saturated rings. The van der Waals surface area contributed by atoms with Gasteiger partial charge in [0.25, 0.3) is 5.91 Å². The molecule has 2 aromatic carbocycles. The van der Waals surface area contributed by atoms with E-state index < -0.39 is 15.9 Å². The van der Waals surface area contributed by atoms with Gasteiger partial charge in [-0.25, -0.2) is 13.1 Å². The zero-order valence-corrected chi connectivity index (χ0v) is 17.3. The summed E-state index contributed by atoms with van der Waals surface area (Å²) in [7, 11) is -2.47. The van der Waals surface area contributed by atoms with E-state index in [1.165, 1.54) is 37.4 Å². The number of halogens is 1. The van der Waals surface area contributed by atoms with Gasteiger partial charge in [0.05, 0.1) is 17.7 Å². The lowest BCUT2D eigenvalue weighted by molar-refractivity contribution is 0.102. The molecule has 1 amide bonds. The maximum Gasteiger partial charge on any atom is 0.255 e. The molecule has 0 spiro atoms. The summed E-state index contributed by atoms with van der Waals surface area (Å²) in [6, 6.07) is 10.5. The second kappa shape index (κ2) is 8.82. The zero-order valence-electron chi connectivity index (χ0n) is 15.7. The Morgan fingerprint density at radius 2 is 1.93 bits per heavy atom. The Balaban J connectivity index is 1.87. The van der Waals surface area contributed by atoms with E-state index in [4.69, 9.17) is 21.6 Å². The molecule has 2 aromatic rings. The van der Waals surface area contributed by atoms with Crippen LogP contribution in [-0.4, -0.2) is 27.5 Å². The number of ether oxygens (including phenoxy) is 1. The average molecular weight is 434 g/mol. The van der Waals surface area contributed by atoms with Crippen molar-refractivity contribution in [3.8, 4) is 11.8 Å². The SMILES string of the molecule is COc1ccc(C(=O)Nc2ccc(Cl)c(C#N)c2)cc1S(=O)(=O)NC1CCCC1. The highest BCUT2D eigenvalue weighted by molar-refractivity contribution is 7.89. The number of amides is 1. The van der Waals surface area contributed by atoms with Gasteiger partial charge in [-0.05, 0) is 49.2 Å². The molecule has 1 aliphatic carbocycles. The first kappa shape index (κ1) is 21.1. The summed E-state index contributed by atoms with van der Waals surface area (Å²) in [6.45, 7) is 0. The van der Waals surface area contributed by atoms with Gasteiger partial charge in [-0.15, -0.1) is 0 Å². The molecule has 2 N–H and O–H groups in total. The molecule has 9 heteroatoms. The largest absolute Gasteiger partial charge is 0.495 e. The molecule has 0 radical (unpaired) electrons. The fourth-order valence-corrected chi connectivity index (χ4v) is 4.91. The summed E-state index contributed by atoms with van der Waals surface area (Å²) in [5, 5.41) is 12.0. The van der Waals surface area contributed by atoms with Gasteiger partial charge in [0.2, 0.25) is 10.0 Å². The van der Waals surface area contributed by atoms with E-state index in [1.54, 1.807) is 6.07 Å². The quantitative estimate of drug-likeness (QED) is 0.722. The van der Waals surface area contributed by atoms with Crippen LogP contribution in [0, 0.1) is 11.3 Å². The Bertz CT molecular complexity index is 1070. The number of hydrogen-bond donors (Lipinski definition) is 2. The number of hydrogen-bond acceptors (Lipinski definition) is 5. The number of methoxy groups -OCH3 is 1. The first-order valence-corrected chi connectivity index (χ1v) is 10.9. The average Bonchev–Trinajstić information content (AvgIpc) is 3.21. The zero-order chi connectivity index (χ0) is 21.0. The van der Waals surface area contributed by atoms with Crippen molar-refractivity contribution in [3.05, 3.63) is 52.5 Å². The van der Waals surface area contributed by atoms with Gasteiger partial charge in [-0.3, -0.25) is 4.79 Å². The molecular weight excluding hydrogens is 414 g/mol. The number of nitriles is 1. The summed E-state index contributed by atoms with van der Waals surface area (Å²) in [5.74, 6) is -0.360. The van der Waals surface area contributed by atoms with Crippen molar-refractivity contribution in [2.45, 2.75) is 36.6 Å². The normalized spacial score (nSPS) is 14.4. The predicted molar refractivity (Wildman–Crippen MR) is 110 cm³/mol. The lowest BCUT2D eigenvalue weighted by Crippen LogP contribution is -2.33. The molecule has 1 saturated carbocycles. The lowest BCUT2D eigenvalue weighted by Gasteiger charge is -2.16. The topological polar surface area (TPSA) is 108 Å². The molecule has 7 nitrogen and oxygen atoms in total. The van der Waals surface area contributed by atoms with Gasteiger partial charge in [-0.1, -0.05) is 24.4 Å². The predicted octanol–water partition coefficient (Wildman–Crippen LogP) is 3.69.